The maximum Gasteiger partial charge on any atom is 0.257 e. The van der Waals surface area contributed by atoms with Crippen LogP contribution in [0.5, 0.6) is 0 Å². The first-order valence-electron chi connectivity index (χ1n) is 8.76. The number of aromatic nitrogens is 3. The molecule has 0 saturated carbocycles. The van der Waals surface area contributed by atoms with Crippen LogP contribution in [0, 0.1) is 12.8 Å². The Kier molecular flexibility index (Phi) is 5.14. The van der Waals surface area contributed by atoms with E-state index in [2.05, 4.69) is 23.9 Å². The lowest BCUT2D eigenvalue weighted by molar-refractivity contribution is -0.0260. The Bertz CT molecular complexity index is 710. The molecule has 3 heterocycles. The number of morpholine rings is 1. The van der Waals surface area contributed by atoms with E-state index in [0.717, 1.165) is 24.2 Å². The first-order chi connectivity index (χ1) is 11.6. The highest BCUT2D eigenvalue weighted by Crippen LogP contribution is 2.18. The van der Waals surface area contributed by atoms with Gasteiger partial charge in [0.25, 0.3) is 5.91 Å². The average molecular weight is 330 g/mol. The molecule has 2 aromatic rings. The zero-order valence-corrected chi connectivity index (χ0v) is 14.7. The predicted octanol–water partition coefficient (Wildman–Crippen LogP) is 2.71. The molecule has 2 aromatic heterocycles. The maximum atomic E-state index is 12.9. The molecule has 1 aliphatic rings. The zero-order chi connectivity index (χ0) is 17.1. The van der Waals surface area contributed by atoms with Crippen molar-refractivity contribution in [1.29, 1.82) is 0 Å². The highest BCUT2D eigenvalue weighted by Gasteiger charge is 2.26. The summed E-state index contributed by atoms with van der Waals surface area (Å²) in [5.41, 5.74) is 2.21. The highest BCUT2D eigenvalue weighted by molar-refractivity contribution is 5.95. The zero-order valence-electron chi connectivity index (χ0n) is 14.7. The lowest BCUT2D eigenvalue weighted by Crippen LogP contribution is -2.46. The van der Waals surface area contributed by atoms with Crippen LogP contribution in [0.4, 0.5) is 0 Å². The third-order valence-corrected chi connectivity index (χ3v) is 4.62. The summed E-state index contributed by atoms with van der Waals surface area (Å²) in [5.74, 6) is 0.732. The molecule has 1 aliphatic heterocycles. The van der Waals surface area contributed by atoms with Crippen LogP contribution in [-0.4, -0.2) is 51.2 Å². The highest BCUT2D eigenvalue weighted by atomic mass is 16.5. The number of nitrogens with zero attached hydrogens (tertiary/aromatic N) is 4. The minimum atomic E-state index is 0.0227. The van der Waals surface area contributed by atoms with E-state index in [1.54, 1.807) is 16.9 Å². The van der Waals surface area contributed by atoms with Crippen molar-refractivity contribution in [1.82, 2.24) is 19.5 Å². The summed E-state index contributed by atoms with van der Waals surface area (Å²) in [6.45, 7) is 8.28. The summed E-state index contributed by atoms with van der Waals surface area (Å²) in [7, 11) is 0. The lowest BCUT2D eigenvalue weighted by Gasteiger charge is -2.33. The second-order valence-corrected chi connectivity index (χ2v) is 6.93. The molecule has 3 rings (SSSR count). The summed E-state index contributed by atoms with van der Waals surface area (Å²) in [6.07, 6.45) is 6.86. The number of hydrogen-bond donors (Lipinski definition) is 0. The van der Waals surface area contributed by atoms with Crippen LogP contribution in [0.15, 0.2) is 18.5 Å². The van der Waals surface area contributed by atoms with Gasteiger partial charge in [0, 0.05) is 25.4 Å². The van der Waals surface area contributed by atoms with E-state index in [1.807, 2.05) is 17.9 Å². The van der Waals surface area contributed by atoms with Gasteiger partial charge in [-0.2, -0.15) is 5.10 Å². The fourth-order valence-corrected chi connectivity index (χ4v) is 3.20. The SMILES string of the molecule is Cc1c(C(=O)N2CCO[C@@H](CCCC(C)C)C2)cnc2ccnn12. The third-order valence-electron chi connectivity index (χ3n) is 4.62. The molecule has 0 bridgehead atoms. The molecule has 0 aliphatic carbocycles. The monoisotopic (exact) mass is 330 g/mol. The fourth-order valence-electron chi connectivity index (χ4n) is 3.20. The molecular weight excluding hydrogens is 304 g/mol. The van der Waals surface area contributed by atoms with Gasteiger partial charge in [-0.05, 0) is 19.3 Å². The number of hydrogen-bond acceptors (Lipinski definition) is 4. The molecule has 1 fully saturated rings. The molecule has 1 saturated heterocycles. The average Bonchev–Trinajstić information content (AvgIpc) is 3.04. The quantitative estimate of drug-likeness (QED) is 0.846. The molecule has 0 aromatic carbocycles. The first-order valence-corrected chi connectivity index (χ1v) is 8.76. The number of carbonyl (C=O) groups excluding carboxylic acids is 1. The smallest absolute Gasteiger partial charge is 0.257 e. The number of amides is 1. The molecule has 1 atom stereocenters. The number of ether oxygens (including phenoxy) is 1. The Balaban J connectivity index is 1.68. The Hall–Kier alpha value is -1.95. The summed E-state index contributed by atoms with van der Waals surface area (Å²) >= 11 is 0. The standard InChI is InChI=1S/C18H26N4O2/c1-13(2)5-4-6-15-12-21(9-10-24-15)18(23)16-11-19-17-7-8-20-22(17)14(16)3/h7-8,11,13,15H,4-6,9-10,12H2,1-3H3/t15-/m0/s1. The molecule has 130 valence electrons. The van der Waals surface area contributed by atoms with Gasteiger partial charge in [-0.25, -0.2) is 9.50 Å². The summed E-state index contributed by atoms with van der Waals surface area (Å²) < 4.78 is 7.55. The van der Waals surface area contributed by atoms with Gasteiger partial charge in [0.15, 0.2) is 5.65 Å². The van der Waals surface area contributed by atoms with Crippen LogP contribution in [0.25, 0.3) is 5.65 Å². The maximum absolute atomic E-state index is 12.9. The van der Waals surface area contributed by atoms with Crippen molar-refractivity contribution in [3.8, 4) is 0 Å². The van der Waals surface area contributed by atoms with Crippen LogP contribution in [0.3, 0.4) is 0 Å². The largest absolute Gasteiger partial charge is 0.375 e. The van der Waals surface area contributed by atoms with E-state index in [0.29, 0.717) is 31.2 Å². The van der Waals surface area contributed by atoms with Gasteiger partial charge in [-0.3, -0.25) is 4.79 Å². The van der Waals surface area contributed by atoms with Gasteiger partial charge in [-0.1, -0.05) is 26.7 Å². The van der Waals surface area contributed by atoms with Crippen molar-refractivity contribution in [2.75, 3.05) is 19.7 Å². The topological polar surface area (TPSA) is 59.7 Å². The van der Waals surface area contributed by atoms with Gasteiger partial charge < -0.3 is 9.64 Å². The third kappa shape index (κ3) is 3.59. The Morgan fingerprint density at radius 1 is 1.46 bits per heavy atom. The van der Waals surface area contributed by atoms with Crippen molar-refractivity contribution in [3.05, 3.63) is 29.7 Å². The lowest BCUT2D eigenvalue weighted by atomic mass is 10.0. The Morgan fingerprint density at radius 3 is 3.08 bits per heavy atom. The number of carbonyl (C=O) groups is 1. The Morgan fingerprint density at radius 2 is 2.29 bits per heavy atom. The summed E-state index contributed by atoms with van der Waals surface area (Å²) in [6, 6.07) is 1.83. The van der Waals surface area contributed by atoms with Crippen molar-refractivity contribution in [2.45, 2.75) is 46.1 Å². The second-order valence-electron chi connectivity index (χ2n) is 6.93. The minimum Gasteiger partial charge on any atom is -0.375 e. The predicted molar refractivity (Wildman–Crippen MR) is 92.1 cm³/mol. The number of rotatable bonds is 5. The minimum absolute atomic E-state index is 0.0227. The van der Waals surface area contributed by atoms with E-state index in [-0.39, 0.29) is 12.0 Å². The molecule has 0 spiro atoms. The van der Waals surface area contributed by atoms with Gasteiger partial charge in [0.1, 0.15) is 0 Å². The van der Waals surface area contributed by atoms with E-state index >= 15 is 0 Å². The number of aryl methyl sites for hydroxylation is 1. The van der Waals surface area contributed by atoms with Crippen LogP contribution >= 0.6 is 0 Å². The van der Waals surface area contributed by atoms with Crippen LogP contribution < -0.4 is 0 Å². The van der Waals surface area contributed by atoms with E-state index in [9.17, 15) is 4.79 Å². The van der Waals surface area contributed by atoms with Crippen LogP contribution in [0.1, 0.15) is 49.2 Å². The van der Waals surface area contributed by atoms with Crippen LogP contribution in [-0.2, 0) is 4.74 Å². The van der Waals surface area contributed by atoms with Crippen molar-refractivity contribution in [2.24, 2.45) is 5.92 Å². The van der Waals surface area contributed by atoms with Crippen molar-refractivity contribution >= 4 is 11.6 Å². The van der Waals surface area contributed by atoms with E-state index < -0.39 is 0 Å². The van der Waals surface area contributed by atoms with Gasteiger partial charge >= 0.3 is 0 Å². The van der Waals surface area contributed by atoms with Gasteiger partial charge in [0.05, 0.1) is 30.2 Å². The summed E-state index contributed by atoms with van der Waals surface area (Å²) in [4.78, 5) is 19.1. The first kappa shape index (κ1) is 16.9. The molecule has 6 heteroatoms. The van der Waals surface area contributed by atoms with Crippen molar-refractivity contribution < 1.29 is 9.53 Å². The molecule has 0 unspecified atom stereocenters. The molecule has 24 heavy (non-hydrogen) atoms. The molecule has 0 N–H and O–H groups in total. The van der Waals surface area contributed by atoms with Gasteiger partial charge in [-0.15, -0.1) is 0 Å². The van der Waals surface area contributed by atoms with Gasteiger partial charge in [0.2, 0.25) is 0 Å². The molecule has 0 radical (unpaired) electrons. The van der Waals surface area contributed by atoms with Crippen LogP contribution in [0.2, 0.25) is 0 Å². The molecule has 6 nitrogen and oxygen atoms in total. The fraction of sp³-hybridized carbons (Fsp3) is 0.611. The summed E-state index contributed by atoms with van der Waals surface area (Å²) in [5, 5.41) is 4.24. The Labute approximate surface area is 142 Å². The normalized spacial score (nSPS) is 18.5. The second kappa shape index (κ2) is 7.30. The molecular formula is C18H26N4O2. The van der Waals surface area contributed by atoms with E-state index in [4.69, 9.17) is 4.74 Å². The molecule has 1 amide bonds. The number of fused-ring (bicyclic) bond motifs is 1. The van der Waals surface area contributed by atoms with E-state index in [1.165, 1.54) is 6.42 Å². The van der Waals surface area contributed by atoms with Crippen molar-refractivity contribution in [3.63, 3.8) is 0 Å².